The van der Waals surface area contributed by atoms with E-state index in [9.17, 15) is 24.0 Å². The van der Waals surface area contributed by atoms with Crippen molar-refractivity contribution in [3.8, 4) is 0 Å². The maximum Gasteiger partial charge on any atom is 0.306 e. The van der Waals surface area contributed by atoms with E-state index in [4.69, 9.17) is 23.7 Å². The Labute approximate surface area is 373 Å². The molecule has 0 aliphatic carbocycles. The van der Waals surface area contributed by atoms with Crippen LogP contribution in [0.5, 0.6) is 0 Å². The van der Waals surface area contributed by atoms with Crippen molar-refractivity contribution in [2.45, 2.75) is 221 Å². The number of esters is 5. The molecular weight excluding hydrogens is 775 g/mol. The molecule has 0 aromatic heterocycles. The third-order valence-electron chi connectivity index (χ3n) is 11.4. The molecule has 11 heteroatoms. The van der Waals surface area contributed by atoms with Crippen LogP contribution in [0.2, 0.25) is 0 Å². The molecule has 0 radical (unpaired) electrons. The molecule has 0 unspecified atom stereocenters. The van der Waals surface area contributed by atoms with Gasteiger partial charge in [0.05, 0.1) is 6.61 Å². The largest absolute Gasteiger partial charge is 0.466 e. The van der Waals surface area contributed by atoms with Gasteiger partial charge >= 0.3 is 29.8 Å². The maximum absolute atomic E-state index is 13.6. The van der Waals surface area contributed by atoms with Gasteiger partial charge in [0.25, 0.3) is 0 Å². The Balaban J connectivity index is 6.03. The van der Waals surface area contributed by atoms with Gasteiger partial charge in [0.1, 0.15) is 31.8 Å². The first-order valence-corrected chi connectivity index (χ1v) is 24.9. The minimum Gasteiger partial charge on any atom is -0.466 e. The summed E-state index contributed by atoms with van der Waals surface area (Å²) in [5.41, 5.74) is -1.27. The molecule has 0 aliphatic heterocycles. The average molecular weight is 868 g/mol. The quantitative estimate of drug-likeness (QED) is 0.0329. The van der Waals surface area contributed by atoms with Crippen molar-refractivity contribution in [2.24, 2.45) is 17.3 Å². The Morgan fingerprint density at radius 3 is 1.08 bits per heavy atom. The van der Waals surface area contributed by atoms with Gasteiger partial charge in [0.15, 0.2) is 0 Å². The number of carbonyl (C=O) groups is 5. The molecule has 0 atom stereocenters. The van der Waals surface area contributed by atoms with Crippen molar-refractivity contribution < 1.29 is 47.7 Å². The van der Waals surface area contributed by atoms with Crippen molar-refractivity contribution in [1.82, 2.24) is 4.90 Å². The number of carbonyl (C=O) groups excluding carboxylic acids is 5. The Hall–Kier alpha value is -2.69. The lowest BCUT2D eigenvalue weighted by molar-refractivity contribution is -0.171. The summed E-state index contributed by atoms with van der Waals surface area (Å²) in [7, 11) is 3.88. The van der Waals surface area contributed by atoms with E-state index >= 15 is 0 Å². The monoisotopic (exact) mass is 868 g/mol. The SMILES string of the molecule is CCCCCC(CCCCC)CC(=O)OCC(COC(=O)CCCCCCCC(=O)OCCCC)(COC(=O)CCCN(C)C)COC(=O)CC(CCCCC)CCCCC. The molecule has 0 amide bonds. The Morgan fingerprint density at radius 1 is 0.393 bits per heavy atom. The first kappa shape index (κ1) is 58.3. The van der Waals surface area contributed by atoms with Gasteiger partial charge in [-0.1, -0.05) is 137 Å². The Morgan fingerprint density at radius 2 is 0.721 bits per heavy atom. The fourth-order valence-corrected chi connectivity index (χ4v) is 7.36. The predicted molar refractivity (Wildman–Crippen MR) is 245 cm³/mol. The number of ether oxygens (including phenoxy) is 5. The van der Waals surface area contributed by atoms with Gasteiger partial charge in [-0.05, 0) is 83.8 Å². The van der Waals surface area contributed by atoms with E-state index in [1.165, 1.54) is 0 Å². The maximum atomic E-state index is 13.6. The third kappa shape index (κ3) is 35.5. The summed E-state index contributed by atoms with van der Waals surface area (Å²) >= 11 is 0. The number of hydrogen-bond acceptors (Lipinski definition) is 11. The van der Waals surface area contributed by atoms with Crippen LogP contribution in [0.15, 0.2) is 0 Å². The van der Waals surface area contributed by atoms with Gasteiger partial charge in [-0.25, -0.2) is 0 Å². The van der Waals surface area contributed by atoms with Crippen molar-refractivity contribution in [2.75, 3.05) is 53.7 Å². The van der Waals surface area contributed by atoms with Crippen molar-refractivity contribution >= 4 is 29.8 Å². The number of rotatable bonds is 43. The number of unbranched alkanes of at least 4 members (excludes halogenated alkanes) is 13. The zero-order chi connectivity index (χ0) is 45.4. The zero-order valence-corrected chi connectivity index (χ0v) is 40.4. The molecule has 0 aliphatic rings. The number of nitrogens with zero attached hydrogens (tertiary/aromatic N) is 1. The average Bonchev–Trinajstić information content (AvgIpc) is 3.23. The van der Waals surface area contributed by atoms with Gasteiger partial charge < -0.3 is 28.6 Å². The van der Waals surface area contributed by atoms with Crippen LogP contribution in [0.4, 0.5) is 0 Å². The summed E-state index contributed by atoms with van der Waals surface area (Å²) in [4.78, 5) is 67.2. The lowest BCUT2D eigenvalue weighted by Crippen LogP contribution is -2.44. The fourth-order valence-electron chi connectivity index (χ4n) is 7.36. The topological polar surface area (TPSA) is 135 Å². The predicted octanol–water partition coefficient (Wildman–Crippen LogP) is 11.9. The second-order valence-corrected chi connectivity index (χ2v) is 18.0. The first-order valence-electron chi connectivity index (χ1n) is 24.9. The van der Waals surface area contributed by atoms with Gasteiger partial charge in [-0.15, -0.1) is 0 Å². The van der Waals surface area contributed by atoms with Crippen molar-refractivity contribution in [3.05, 3.63) is 0 Å². The van der Waals surface area contributed by atoms with E-state index < -0.39 is 17.4 Å². The molecule has 0 heterocycles. The molecule has 61 heavy (non-hydrogen) atoms. The summed E-state index contributed by atoms with van der Waals surface area (Å²) in [5, 5.41) is 0. The molecule has 0 spiro atoms. The second-order valence-electron chi connectivity index (χ2n) is 18.0. The third-order valence-corrected chi connectivity index (χ3v) is 11.4. The molecule has 0 saturated heterocycles. The zero-order valence-electron chi connectivity index (χ0n) is 40.4. The molecule has 0 N–H and O–H groups in total. The molecule has 11 nitrogen and oxygen atoms in total. The second kappa shape index (κ2) is 40.1. The van der Waals surface area contributed by atoms with Crippen molar-refractivity contribution in [3.63, 3.8) is 0 Å². The smallest absolute Gasteiger partial charge is 0.306 e. The van der Waals surface area contributed by atoms with Crippen LogP contribution in [-0.2, 0) is 47.7 Å². The van der Waals surface area contributed by atoms with Crippen LogP contribution in [-0.4, -0.2) is 88.4 Å². The Kier molecular flexibility index (Phi) is 38.3. The van der Waals surface area contributed by atoms with E-state index in [1.54, 1.807) is 0 Å². The van der Waals surface area contributed by atoms with Gasteiger partial charge in [-0.3, -0.25) is 24.0 Å². The highest BCUT2D eigenvalue weighted by Gasteiger charge is 2.38. The first-order chi connectivity index (χ1) is 29.4. The van der Waals surface area contributed by atoms with Gasteiger partial charge in [-0.2, -0.15) is 0 Å². The molecule has 0 saturated carbocycles. The summed E-state index contributed by atoms with van der Waals surface area (Å²) in [6.45, 7) is 11.0. The molecule has 0 aromatic rings. The summed E-state index contributed by atoms with van der Waals surface area (Å²) in [6, 6.07) is 0. The highest BCUT2D eigenvalue weighted by Crippen LogP contribution is 2.27. The standard InChI is InChI=1S/C50H93NO10/c1-8-13-21-28-43(29-22-14-9-2)37-48(55)60-41-50(40-59-47(54)34-27-35-51(6)7,42-61-49(56)38-44(30-23-15-10-3)31-24-16-11-4)39-58-46(53)33-26-20-18-19-25-32-45(52)57-36-17-12-5/h43-44H,8-42H2,1-7H3. The highest BCUT2D eigenvalue weighted by atomic mass is 16.6. The van der Waals surface area contributed by atoms with E-state index in [-0.39, 0.29) is 81.9 Å². The molecule has 0 fully saturated rings. The summed E-state index contributed by atoms with van der Waals surface area (Å²) in [6.07, 6.45) is 24.7. The van der Waals surface area contributed by atoms with Crippen LogP contribution in [0.25, 0.3) is 0 Å². The van der Waals surface area contributed by atoms with Gasteiger partial charge in [0, 0.05) is 32.1 Å². The summed E-state index contributed by atoms with van der Waals surface area (Å²) in [5.74, 6) is -1.27. The molecule has 0 rings (SSSR count). The van der Waals surface area contributed by atoms with E-state index in [2.05, 4.69) is 34.6 Å². The van der Waals surface area contributed by atoms with E-state index in [0.29, 0.717) is 32.4 Å². The fraction of sp³-hybridized carbons (Fsp3) is 0.900. The molecule has 358 valence electrons. The van der Waals surface area contributed by atoms with E-state index in [0.717, 1.165) is 141 Å². The molecule has 0 aromatic carbocycles. The van der Waals surface area contributed by atoms with Crippen LogP contribution in [0.1, 0.15) is 221 Å². The molecule has 0 bridgehead atoms. The van der Waals surface area contributed by atoms with Gasteiger partial charge in [0.2, 0.25) is 0 Å². The van der Waals surface area contributed by atoms with Crippen molar-refractivity contribution in [1.29, 1.82) is 0 Å². The lowest BCUT2D eigenvalue weighted by atomic mass is 9.90. The highest BCUT2D eigenvalue weighted by molar-refractivity contribution is 5.71. The van der Waals surface area contributed by atoms with E-state index in [1.807, 2.05) is 19.0 Å². The van der Waals surface area contributed by atoms with Crippen LogP contribution in [0, 0.1) is 17.3 Å². The van der Waals surface area contributed by atoms with Crippen LogP contribution in [0.3, 0.4) is 0 Å². The molecular formula is C50H93NO10. The number of hydrogen-bond donors (Lipinski definition) is 0. The minimum absolute atomic E-state index is 0.159. The minimum atomic E-state index is -1.27. The normalized spacial score (nSPS) is 11.6. The summed E-state index contributed by atoms with van der Waals surface area (Å²) < 4.78 is 28.9. The Bertz CT molecular complexity index is 1050. The van der Waals surface area contributed by atoms with Crippen LogP contribution >= 0.6 is 0 Å². The van der Waals surface area contributed by atoms with Crippen LogP contribution < -0.4 is 0 Å². The lowest BCUT2D eigenvalue weighted by Gasteiger charge is -2.32.